The van der Waals surface area contributed by atoms with E-state index in [9.17, 15) is 9.59 Å². The molecule has 0 saturated heterocycles. The molecule has 3 rings (SSSR count). The fourth-order valence-electron chi connectivity index (χ4n) is 2.76. The van der Waals surface area contributed by atoms with E-state index >= 15 is 0 Å². The summed E-state index contributed by atoms with van der Waals surface area (Å²) in [5.74, 6) is -0.232. The Labute approximate surface area is 149 Å². The third-order valence-electron chi connectivity index (χ3n) is 4.35. The summed E-state index contributed by atoms with van der Waals surface area (Å²) in [5.41, 5.74) is 1.78. The van der Waals surface area contributed by atoms with Crippen LogP contribution in [-0.2, 0) is 24.8 Å². The molecule has 0 radical (unpaired) electrons. The number of amides is 1. The highest BCUT2D eigenvalue weighted by atomic mass is 32.1. The monoisotopic (exact) mass is 359 g/mol. The van der Waals surface area contributed by atoms with Crippen LogP contribution < -0.4 is 10.9 Å². The lowest BCUT2D eigenvalue weighted by atomic mass is 10.1. The van der Waals surface area contributed by atoms with E-state index in [1.807, 2.05) is 33.9 Å². The van der Waals surface area contributed by atoms with Gasteiger partial charge in [-0.05, 0) is 26.3 Å². The van der Waals surface area contributed by atoms with E-state index in [-0.39, 0.29) is 24.1 Å². The Morgan fingerprint density at radius 3 is 2.84 bits per heavy atom. The molecule has 0 fully saturated rings. The quantitative estimate of drug-likeness (QED) is 0.755. The van der Waals surface area contributed by atoms with Crippen LogP contribution in [0.2, 0.25) is 0 Å². The van der Waals surface area contributed by atoms with Crippen LogP contribution in [0.5, 0.6) is 0 Å². The third-order valence-corrected chi connectivity index (χ3v) is 5.54. The molecule has 3 aromatic rings. The average Bonchev–Trinajstić information content (AvgIpc) is 3.14. The van der Waals surface area contributed by atoms with Gasteiger partial charge in [0.2, 0.25) is 5.91 Å². The number of hydrogen-bond donors (Lipinski definition) is 1. The molecule has 3 heterocycles. The molecule has 1 unspecified atom stereocenters. The van der Waals surface area contributed by atoms with Crippen LogP contribution in [0.15, 0.2) is 23.4 Å². The predicted octanol–water partition coefficient (Wildman–Crippen LogP) is 1.94. The molecule has 0 aliphatic carbocycles. The standard InChI is InChI=1S/C17H21N5O2S/c1-5-12-6-13-16(25-12)18-9-22(17(13)24)8-15(23)20-10(2)14-7-19-21(4)11(14)3/h6-7,9-10H,5,8H2,1-4H3,(H,20,23). The summed E-state index contributed by atoms with van der Waals surface area (Å²) in [6.45, 7) is 5.84. The zero-order chi connectivity index (χ0) is 18.1. The van der Waals surface area contributed by atoms with Crippen LogP contribution in [0.3, 0.4) is 0 Å². The lowest BCUT2D eigenvalue weighted by molar-refractivity contribution is -0.122. The Balaban J connectivity index is 1.76. The highest BCUT2D eigenvalue weighted by Gasteiger charge is 2.16. The van der Waals surface area contributed by atoms with Crippen molar-refractivity contribution in [3.05, 3.63) is 45.1 Å². The van der Waals surface area contributed by atoms with Crippen LogP contribution in [-0.4, -0.2) is 25.2 Å². The van der Waals surface area contributed by atoms with Crippen molar-refractivity contribution in [3.8, 4) is 0 Å². The highest BCUT2D eigenvalue weighted by Crippen LogP contribution is 2.21. The van der Waals surface area contributed by atoms with Gasteiger partial charge in [-0.3, -0.25) is 18.8 Å². The molecule has 1 atom stereocenters. The van der Waals surface area contributed by atoms with Crippen molar-refractivity contribution in [2.75, 3.05) is 0 Å². The second-order valence-electron chi connectivity index (χ2n) is 6.06. The van der Waals surface area contributed by atoms with Crippen molar-refractivity contribution >= 4 is 27.5 Å². The van der Waals surface area contributed by atoms with E-state index in [1.54, 1.807) is 10.9 Å². The molecule has 25 heavy (non-hydrogen) atoms. The van der Waals surface area contributed by atoms with E-state index in [2.05, 4.69) is 15.4 Å². The number of hydrogen-bond acceptors (Lipinski definition) is 5. The van der Waals surface area contributed by atoms with Gasteiger partial charge in [0.15, 0.2) is 0 Å². The zero-order valence-corrected chi connectivity index (χ0v) is 15.6. The SMILES string of the molecule is CCc1cc2c(=O)n(CC(=O)NC(C)c3cnn(C)c3C)cnc2s1. The minimum atomic E-state index is -0.232. The van der Waals surface area contributed by atoms with Gasteiger partial charge in [0, 0.05) is 23.2 Å². The minimum absolute atomic E-state index is 0.0528. The fourth-order valence-corrected chi connectivity index (χ4v) is 3.68. The average molecular weight is 359 g/mol. The first-order chi connectivity index (χ1) is 11.9. The van der Waals surface area contributed by atoms with Crippen LogP contribution in [0.4, 0.5) is 0 Å². The van der Waals surface area contributed by atoms with Crippen molar-refractivity contribution in [2.45, 2.75) is 39.8 Å². The Bertz CT molecular complexity index is 985. The van der Waals surface area contributed by atoms with Crippen molar-refractivity contribution in [1.29, 1.82) is 0 Å². The van der Waals surface area contributed by atoms with Gasteiger partial charge in [0.05, 0.1) is 24.0 Å². The van der Waals surface area contributed by atoms with Gasteiger partial charge >= 0.3 is 0 Å². The van der Waals surface area contributed by atoms with Gasteiger partial charge in [-0.2, -0.15) is 5.10 Å². The number of nitrogens with one attached hydrogen (secondary N) is 1. The van der Waals surface area contributed by atoms with E-state index in [4.69, 9.17) is 0 Å². The molecule has 0 aliphatic rings. The number of fused-ring (bicyclic) bond motifs is 1. The maximum absolute atomic E-state index is 12.5. The molecule has 0 aliphatic heterocycles. The minimum Gasteiger partial charge on any atom is -0.348 e. The summed E-state index contributed by atoms with van der Waals surface area (Å²) in [6, 6.07) is 1.69. The predicted molar refractivity (Wildman–Crippen MR) is 97.8 cm³/mol. The second-order valence-corrected chi connectivity index (χ2v) is 7.18. The van der Waals surface area contributed by atoms with Gasteiger partial charge in [-0.15, -0.1) is 11.3 Å². The summed E-state index contributed by atoms with van der Waals surface area (Å²) >= 11 is 1.52. The maximum atomic E-state index is 12.5. The van der Waals surface area contributed by atoms with Crippen LogP contribution >= 0.6 is 11.3 Å². The Morgan fingerprint density at radius 2 is 2.20 bits per heavy atom. The lowest BCUT2D eigenvalue weighted by Crippen LogP contribution is -2.34. The molecule has 3 aromatic heterocycles. The van der Waals surface area contributed by atoms with Crippen molar-refractivity contribution < 1.29 is 4.79 Å². The molecule has 1 N–H and O–H groups in total. The van der Waals surface area contributed by atoms with Crippen molar-refractivity contribution in [2.24, 2.45) is 7.05 Å². The number of aromatic nitrogens is 4. The van der Waals surface area contributed by atoms with Gasteiger partial charge in [-0.1, -0.05) is 6.92 Å². The largest absolute Gasteiger partial charge is 0.348 e. The zero-order valence-electron chi connectivity index (χ0n) is 14.7. The first-order valence-corrected chi connectivity index (χ1v) is 8.98. The number of carbonyl (C=O) groups excluding carboxylic acids is 1. The second kappa shape index (κ2) is 6.79. The molecule has 7 nitrogen and oxygen atoms in total. The number of carbonyl (C=O) groups is 1. The van der Waals surface area contributed by atoms with E-state index in [0.717, 1.165) is 27.4 Å². The van der Waals surface area contributed by atoms with E-state index < -0.39 is 0 Å². The number of thiophene rings is 1. The van der Waals surface area contributed by atoms with Gasteiger partial charge < -0.3 is 5.32 Å². The van der Waals surface area contributed by atoms with Crippen LogP contribution in [0.25, 0.3) is 10.2 Å². The van der Waals surface area contributed by atoms with Crippen LogP contribution in [0.1, 0.15) is 36.0 Å². The normalized spacial score (nSPS) is 12.5. The molecular formula is C17H21N5O2S. The Hall–Kier alpha value is -2.48. The first kappa shape index (κ1) is 17.3. The van der Waals surface area contributed by atoms with Gasteiger partial charge in [-0.25, -0.2) is 4.98 Å². The first-order valence-electron chi connectivity index (χ1n) is 8.16. The topological polar surface area (TPSA) is 81.8 Å². The smallest absolute Gasteiger partial charge is 0.262 e. The number of nitrogens with zero attached hydrogens (tertiary/aromatic N) is 4. The highest BCUT2D eigenvalue weighted by molar-refractivity contribution is 7.18. The molecule has 0 saturated carbocycles. The molecular weight excluding hydrogens is 338 g/mol. The van der Waals surface area contributed by atoms with Gasteiger partial charge in [0.1, 0.15) is 11.4 Å². The molecule has 1 amide bonds. The summed E-state index contributed by atoms with van der Waals surface area (Å²) in [7, 11) is 1.86. The number of aryl methyl sites for hydroxylation is 2. The van der Waals surface area contributed by atoms with E-state index in [0.29, 0.717) is 5.39 Å². The van der Waals surface area contributed by atoms with Crippen molar-refractivity contribution in [1.82, 2.24) is 24.6 Å². The van der Waals surface area contributed by atoms with Crippen LogP contribution in [0, 0.1) is 6.92 Å². The third kappa shape index (κ3) is 3.34. The summed E-state index contributed by atoms with van der Waals surface area (Å²) in [4.78, 5) is 31.0. The Morgan fingerprint density at radius 1 is 1.44 bits per heavy atom. The molecule has 132 valence electrons. The molecule has 0 bridgehead atoms. The fraction of sp³-hybridized carbons (Fsp3) is 0.412. The summed E-state index contributed by atoms with van der Waals surface area (Å²) < 4.78 is 3.12. The van der Waals surface area contributed by atoms with E-state index in [1.165, 1.54) is 22.2 Å². The molecule has 8 heteroatoms. The summed E-state index contributed by atoms with van der Waals surface area (Å²) in [6.07, 6.45) is 4.06. The maximum Gasteiger partial charge on any atom is 0.262 e. The van der Waals surface area contributed by atoms with Crippen molar-refractivity contribution in [3.63, 3.8) is 0 Å². The Kier molecular flexibility index (Phi) is 4.71. The lowest BCUT2D eigenvalue weighted by Gasteiger charge is -2.14. The summed E-state index contributed by atoms with van der Waals surface area (Å²) in [5, 5.41) is 7.68. The number of rotatable bonds is 5. The van der Waals surface area contributed by atoms with Gasteiger partial charge in [0.25, 0.3) is 5.56 Å². The molecule has 0 spiro atoms. The molecule has 0 aromatic carbocycles.